The Morgan fingerprint density at radius 3 is 2.73 bits per heavy atom. The van der Waals surface area contributed by atoms with Gasteiger partial charge in [-0.15, -0.1) is 10.2 Å². The SMILES string of the molecule is Cn1ncc(C(=O)NCc2nn[nH]n2)c1C(=O)Nc1ccn2cc(-c3ccccc3)nc2n1. The first kappa shape index (κ1) is 20.0. The van der Waals surface area contributed by atoms with Crippen molar-refractivity contribution in [3.05, 3.63) is 72.1 Å². The number of carbonyl (C=O) groups excluding carboxylic acids is 2. The first-order chi connectivity index (χ1) is 16.1. The van der Waals surface area contributed by atoms with Crippen LogP contribution in [-0.4, -0.2) is 56.6 Å². The van der Waals surface area contributed by atoms with E-state index < -0.39 is 11.8 Å². The number of H-pyrrole nitrogens is 1. The Kier molecular flexibility index (Phi) is 5.03. The summed E-state index contributed by atoms with van der Waals surface area (Å²) in [4.78, 5) is 34.5. The minimum atomic E-state index is -0.536. The van der Waals surface area contributed by atoms with Gasteiger partial charge in [-0.1, -0.05) is 35.5 Å². The number of fused-ring (bicyclic) bond motifs is 1. The largest absolute Gasteiger partial charge is 0.344 e. The molecule has 0 fully saturated rings. The normalized spacial score (nSPS) is 10.9. The average molecular weight is 443 g/mol. The topological polar surface area (TPSA) is 161 Å². The van der Waals surface area contributed by atoms with Gasteiger partial charge in [-0.2, -0.15) is 15.3 Å². The van der Waals surface area contributed by atoms with Crippen LogP contribution in [0.3, 0.4) is 0 Å². The van der Waals surface area contributed by atoms with E-state index in [0.717, 1.165) is 11.3 Å². The van der Waals surface area contributed by atoms with E-state index in [4.69, 9.17) is 0 Å². The van der Waals surface area contributed by atoms with Crippen molar-refractivity contribution in [1.82, 2.24) is 50.1 Å². The third kappa shape index (κ3) is 4.01. The summed E-state index contributed by atoms with van der Waals surface area (Å²) in [5.74, 6) is -0.00857. The Hall–Kier alpha value is -4.94. The number of nitrogens with zero attached hydrogens (tertiary/aromatic N) is 8. The second-order valence-electron chi connectivity index (χ2n) is 7.01. The molecule has 3 N–H and O–H groups in total. The molecule has 5 rings (SSSR count). The summed E-state index contributed by atoms with van der Waals surface area (Å²) in [5.41, 5.74) is 1.90. The summed E-state index contributed by atoms with van der Waals surface area (Å²) in [6.45, 7) is 0.0487. The minimum absolute atomic E-state index is 0.0487. The van der Waals surface area contributed by atoms with Gasteiger partial charge in [0.25, 0.3) is 11.8 Å². The highest BCUT2D eigenvalue weighted by molar-refractivity contribution is 6.10. The fourth-order valence-electron chi connectivity index (χ4n) is 3.25. The number of anilines is 1. The molecular formula is C20H17N11O2. The van der Waals surface area contributed by atoms with Gasteiger partial charge < -0.3 is 10.6 Å². The lowest BCUT2D eigenvalue weighted by molar-refractivity contribution is 0.0935. The van der Waals surface area contributed by atoms with Crippen LogP contribution in [0.4, 0.5) is 5.82 Å². The molecular weight excluding hydrogens is 426 g/mol. The van der Waals surface area contributed by atoms with E-state index >= 15 is 0 Å². The molecule has 0 saturated carbocycles. The van der Waals surface area contributed by atoms with Crippen LogP contribution in [0.25, 0.3) is 17.0 Å². The summed E-state index contributed by atoms with van der Waals surface area (Å²) in [6, 6.07) is 11.4. The molecule has 0 radical (unpaired) electrons. The number of hydrogen-bond donors (Lipinski definition) is 3. The summed E-state index contributed by atoms with van der Waals surface area (Å²) < 4.78 is 3.08. The monoisotopic (exact) mass is 443 g/mol. The molecule has 2 amide bonds. The van der Waals surface area contributed by atoms with Crippen molar-refractivity contribution in [1.29, 1.82) is 0 Å². The van der Waals surface area contributed by atoms with Gasteiger partial charge in [-0.3, -0.25) is 18.7 Å². The lowest BCUT2D eigenvalue weighted by Crippen LogP contribution is -2.27. The molecule has 0 bridgehead atoms. The third-order valence-corrected chi connectivity index (χ3v) is 4.83. The highest BCUT2D eigenvalue weighted by Gasteiger charge is 2.23. The maximum atomic E-state index is 13.0. The predicted molar refractivity (Wildman–Crippen MR) is 115 cm³/mol. The molecule has 0 unspecified atom stereocenters. The molecule has 0 atom stereocenters. The second kappa shape index (κ2) is 8.30. The van der Waals surface area contributed by atoms with Gasteiger partial charge in [0.1, 0.15) is 11.5 Å². The molecule has 13 nitrogen and oxygen atoms in total. The first-order valence-corrected chi connectivity index (χ1v) is 9.83. The Labute approximate surface area is 185 Å². The summed E-state index contributed by atoms with van der Waals surface area (Å²) >= 11 is 0. The fourth-order valence-corrected chi connectivity index (χ4v) is 3.25. The Balaban J connectivity index is 1.35. The van der Waals surface area contributed by atoms with Crippen LogP contribution in [0.1, 0.15) is 26.7 Å². The van der Waals surface area contributed by atoms with Crippen LogP contribution in [0, 0.1) is 0 Å². The van der Waals surface area contributed by atoms with Crippen molar-refractivity contribution in [3.8, 4) is 11.3 Å². The van der Waals surface area contributed by atoms with Crippen LogP contribution in [0.5, 0.6) is 0 Å². The lowest BCUT2D eigenvalue weighted by atomic mass is 10.2. The van der Waals surface area contributed by atoms with E-state index in [1.807, 2.05) is 36.5 Å². The van der Waals surface area contributed by atoms with Gasteiger partial charge in [0.2, 0.25) is 5.78 Å². The van der Waals surface area contributed by atoms with E-state index in [0.29, 0.717) is 11.6 Å². The second-order valence-corrected chi connectivity index (χ2v) is 7.01. The number of nitrogens with one attached hydrogen (secondary N) is 3. The fraction of sp³-hybridized carbons (Fsp3) is 0.100. The van der Waals surface area contributed by atoms with Gasteiger partial charge >= 0.3 is 0 Å². The third-order valence-electron chi connectivity index (χ3n) is 4.83. The van der Waals surface area contributed by atoms with E-state index in [2.05, 4.69) is 46.3 Å². The first-order valence-electron chi connectivity index (χ1n) is 9.83. The highest BCUT2D eigenvalue weighted by atomic mass is 16.2. The number of aryl methyl sites for hydroxylation is 1. The maximum Gasteiger partial charge on any atom is 0.275 e. The Morgan fingerprint density at radius 1 is 1.09 bits per heavy atom. The Morgan fingerprint density at radius 2 is 1.94 bits per heavy atom. The van der Waals surface area contributed by atoms with Crippen LogP contribution in [0.2, 0.25) is 0 Å². The summed E-state index contributed by atoms with van der Waals surface area (Å²) in [7, 11) is 1.57. The van der Waals surface area contributed by atoms with Gasteiger partial charge in [0, 0.05) is 25.0 Å². The molecule has 0 aliphatic rings. The maximum absolute atomic E-state index is 13.0. The van der Waals surface area contributed by atoms with Crippen molar-refractivity contribution in [3.63, 3.8) is 0 Å². The number of aromatic nitrogens is 9. The van der Waals surface area contributed by atoms with Crippen molar-refractivity contribution in [2.75, 3.05) is 5.32 Å². The number of tetrazole rings is 1. The zero-order valence-corrected chi connectivity index (χ0v) is 17.3. The molecule has 1 aromatic carbocycles. The van der Waals surface area contributed by atoms with E-state index in [1.54, 1.807) is 23.7 Å². The van der Waals surface area contributed by atoms with Crippen molar-refractivity contribution < 1.29 is 9.59 Å². The smallest absolute Gasteiger partial charge is 0.275 e. The molecule has 0 aliphatic heterocycles. The molecule has 0 aliphatic carbocycles. The zero-order chi connectivity index (χ0) is 22.8. The molecule has 164 valence electrons. The standard InChI is InChI=1S/C20H17N11O2/c1-30-17(13(9-22-30)18(32)21-10-16-26-28-29-27-16)19(33)24-15-7-8-31-11-14(23-20(31)25-15)12-5-3-2-4-6-12/h2-9,11H,10H2,1H3,(H,21,32)(H,23,24,25,33)(H,26,27,28,29). The highest BCUT2D eigenvalue weighted by Crippen LogP contribution is 2.19. The molecule has 0 saturated heterocycles. The number of imidazole rings is 1. The molecule has 4 heterocycles. The van der Waals surface area contributed by atoms with Gasteiger partial charge in [0.15, 0.2) is 5.82 Å². The van der Waals surface area contributed by atoms with Crippen molar-refractivity contribution in [2.45, 2.75) is 6.54 Å². The summed E-state index contributed by atoms with van der Waals surface area (Å²) in [6.07, 6.45) is 4.92. The van der Waals surface area contributed by atoms with Crippen LogP contribution in [-0.2, 0) is 13.6 Å². The van der Waals surface area contributed by atoms with Gasteiger partial charge in [0.05, 0.1) is 24.0 Å². The molecule has 33 heavy (non-hydrogen) atoms. The number of rotatable bonds is 6. The quantitative estimate of drug-likeness (QED) is 0.348. The van der Waals surface area contributed by atoms with Crippen LogP contribution >= 0.6 is 0 Å². The van der Waals surface area contributed by atoms with E-state index in [1.165, 1.54) is 10.9 Å². The molecule has 0 spiro atoms. The number of benzene rings is 1. The molecule has 5 aromatic rings. The average Bonchev–Trinajstić information content (AvgIpc) is 3.57. The van der Waals surface area contributed by atoms with E-state index in [-0.39, 0.29) is 23.6 Å². The number of hydrogen-bond acceptors (Lipinski definition) is 8. The number of aromatic amines is 1. The van der Waals surface area contributed by atoms with Crippen LogP contribution < -0.4 is 10.6 Å². The molecule has 4 aromatic heterocycles. The lowest BCUT2D eigenvalue weighted by Gasteiger charge is -2.07. The number of carbonyl (C=O) groups is 2. The summed E-state index contributed by atoms with van der Waals surface area (Å²) in [5, 5.41) is 22.6. The van der Waals surface area contributed by atoms with Gasteiger partial charge in [-0.05, 0) is 6.07 Å². The van der Waals surface area contributed by atoms with Crippen LogP contribution in [0.15, 0.2) is 55.0 Å². The van der Waals surface area contributed by atoms with E-state index in [9.17, 15) is 9.59 Å². The van der Waals surface area contributed by atoms with Gasteiger partial charge in [-0.25, -0.2) is 4.98 Å². The zero-order valence-electron chi connectivity index (χ0n) is 17.3. The number of amides is 2. The minimum Gasteiger partial charge on any atom is -0.344 e. The predicted octanol–water partition coefficient (Wildman–Crippen LogP) is 0.825. The van der Waals surface area contributed by atoms with Crippen molar-refractivity contribution in [2.24, 2.45) is 7.05 Å². The Bertz CT molecular complexity index is 1440. The van der Waals surface area contributed by atoms with Crippen molar-refractivity contribution >= 4 is 23.4 Å². The molecule has 13 heteroatoms.